The van der Waals surface area contributed by atoms with Crippen LogP contribution in [0.15, 0.2) is 35.0 Å². The maximum Gasteiger partial charge on any atom is 0.211 e. The number of unbranched alkanes of at least 4 members (excludes halogenated alkanes) is 4. The van der Waals surface area contributed by atoms with Crippen LogP contribution < -0.4 is 5.32 Å². The minimum atomic E-state index is -0.277. The van der Waals surface area contributed by atoms with E-state index in [4.69, 9.17) is 11.6 Å². The molecule has 1 aromatic rings. The summed E-state index contributed by atoms with van der Waals surface area (Å²) in [5.41, 5.74) is 1.07. The van der Waals surface area contributed by atoms with Gasteiger partial charge in [0.15, 0.2) is 0 Å². The molecule has 1 N–H and O–H groups in total. The van der Waals surface area contributed by atoms with Gasteiger partial charge in [-0.3, -0.25) is 9.59 Å². The lowest BCUT2D eigenvalue weighted by atomic mass is 9.92. The van der Waals surface area contributed by atoms with Crippen LogP contribution in [0.2, 0.25) is 0 Å². The Labute approximate surface area is 130 Å². The molecule has 0 saturated heterocycles. The number of ketones is 2. The maximum absolute atomic E-state index is 12.4. The molecule has 1 aromatic carbocycles. The highest BCUT2D eigenvalue weighted by Gasteiger charge is 2.30. The number of Topliss-reactive ketones (excluding diaryl/α,β-unsaturated/α-hetero) is 2. The summed E-state index contributed by atoms with van der Waals surface area (Å²) in [5, 5.41) is 3.05. The van der Waals surface area contributed by atoms with Crippen LogP contribution in [-0.2, 0) is 0 Å². The van der Waals surface area contributed by atoms with Gasteiger partial charge >= 0.3 is 0 Å². The largest absolute Gasteiger partial charge is 0.381 e. The smallest absolute Gasteiger partial charge is 0.211 e. The summed E-state index contributed by atoms with van der Waals surface area (Å²) in [6.07, 6.45) is 5.71. The fourth-order valence-corrected chi connectivity index (χ4v) is 2.70. The van der Waals surface area contributed by atoms with E-state index in [1.54, 1.807) is 24.3 Å². The Hall–Kier alpha value is -1.61. The molecule has 0 aromatic heterocycles. The third-order valence-electron chi connectivity index (χ3n) is 3.64. The van der Waals surface area contributed by atoms with Crippen LogP contribution in [0.3, 0.4) is 0 Å². The summed E-state index contributed by atoms with van der Waals surface area (Å²) in [7, 11) is 0. The normalized spacial score (nSPS) is 14.4. The number of hydrogen-bond donors (Lipinski definition) is 1. The number of nitrogens with one attached hydrogen (secondary N) is 1. The Balaban J connectivity index is 2.01. The lowest BCUT2D eigenvalue weighted by Crippen LogP contribution is -2.29. The van der Waals surface area contributed by atoms with E-state index in [1.807, 2.05) is 0 Å². The molecular formula is C17H20ClNO2. The van der Waals surface area contributed by atoms with E-state index < -0.39 is 0 Å². The first-order chi connectivity index (χ1) is 10.2. The number of halogens is 1. The van der Waals surface area contributed by atoms with Crippen LogP contribution in [-0.4, -0.2) is 18.1 Å². The van der Waals surface area contributed by atoms with Crippen LogP contribution >= 0.6 is 11.6 Å². The Kier molecular flexibility index (Phi) is 5.57. The predicted octanol–water partition coefficient (Wildman–Crippen LogP) is 4.08. The molecule has 4 heteroatoms. The van der Waals surface area contributed by atoms with Gasteiger partial charge in [0.25, 0.3) is 0 Å². The summed E-state index contributed by atoms with van der Waals surface area (Å²) >= 11 is 6.07. The van der Waals surface area contributed by atoms with Crippen LogP contribution in [0.4, 0.5) is 0 Å². The molecule has 0 heterocycles. The summed E-state index contributed by atoms with van der Waals surface area (Å²) in [6.45, 7) is 2.84. The van der Waals surface area contributed by atoms with Gasteiger partial charge in [0, 0.05) is 17.7 Å². The van der Waals surface area contributed by atoms with Gasteiger partial charge in [-0.25, -0.2) is 0 Å². The molecule has 1 aliphatic rings. The number of carbonyl (C=O) groups excluding carboxylic acids is 2. The minimum Gasteiger partial charge on any atom is -0.381 e. The van der Waals surface area contributed by atoms with Gasteiger partial charge in [0.05, 0.1) is 0 Å². The first-order valence-electron chi connectivity index (χ1n) is 7.49. The third kappa shape index (κ3) is 3.53. The van der Waals surface area contributed by atoms with Gasteiger partial charge in [-0.05, 0) is 6.42 Å². The van der Waals surface area contributed by atoms with Gasteiger partial charge < -0.3 is 5.32 Å². The number of allylic oxidation sites excluding steroid dienone is 2. The molecule has 2 rings (SSSR count). The zero-order chi connectivity index (χ0) is 15.2. The molecule has 0 saturated carbocycles. The molecule has 0 fully saturated rings. The highest BCUT2D eigenvalue weighted by atomic mass is 35.5. The molecule has 3 nitrogen and oxygen atoms in total. The molecule has 0 bridgehead atoms. The molecule has 21 heavy (non-hydrogen) atoms. The summed E-state index contributed by atoms with van der Waals surface area (Å²) in [5.74, 6) is -0.468. The third-order valence-corrected chi connectivity index (χ3v) is 4.00. The topological polar surface area (TPSA) is 46.2 Å². The van der Waals surface area contributed by atoms with Gasteiger partial charge in [0.1, 0.15) is 10.7 Å². The number of benzene rings is 1. The molecule has 0 atom stereocenters. The van der Waals surface area contributed by atoms with Crippen molar-refractivity contribution in [1.82, 2.24) is 5.32 Å². The van der Waals surface area contributed by atoms with Gasteiger partial charge in [-0.1, -0.05) is 68.5 Å². The summed E-state index contributed by atoms with van der Waals surface area (Å²) in [6, 6.07) is 6.80. The van der Waals surface area contributed by atoms with Crippen molar-refractivity contribution in [2.24, 2.45) is 0 Å². The van der Waals surface area contributed by atoms with Crippen molar-refractivity contribution in [2.75, 3.05) is 6.54 Å². The van der Waals surface area contributed by atoms with E-state index >= 15 is 0 Å². The SMILES string of the molecule is CCCCCCCNC1=C(Cl)C(=O)c2ccccc2C1=O. The average molecular weight is 306 g/mol. The van der Waals surface area contributed by atoms with Crippen LogP contribution in [0.1, 0.15) is 59.7 Å². The van der Waals surface area contributed by atoms with Crippen molar-refractivity contribution in [3.63, 3.8) is 0 Å². The summed E-state index contributed by atoms with van der Waals surface area (Å²) < 4.78 is 0. The molecule has 1 aliphatic carbocycles. The van der Waals surface area contributed by atoms with Crippen LogP contribution in [0.5, 0.6) is 0 Å². The molecule has 0 radical (unpaired) electrons. The van der Waals surface area contributed by atoms with Gasteiger partial charge in [0.2, 0.25) is 11.6 Å². The van der Waals surface area contributed by atoms with Gasteiger partial charge in [-0.15, -0.1) is 0 Å². The van der Waals surface area contributed by atoms with Crippen molar-refractivity contribution in [2.45, 2.75) is 39.0 Å². The molecule has 0 spiro atoms. The first kappa shape index (κ1) is 15.8. The summed E-state index contributed by atoms with van der Waals surface area (Å²) in [4.78, 5) is 24.5. The molecule has 0 unspecified atom stereocenters. The van der Waals surface area contributed by atoms with Crippen LogP contribution in [0.25, 0.3) is 0 Å². The Morgan fingerprint density at radius 2 is 1.57 bits per heavy atom. The second-order valence-electron chi connectivity index (χ2n) is 5.23. The molecule has 0 aliphatic heterocycles. The Morgan fingerprint density at radius 1 is 0.952 bits per heavy atom. The Morgan fingerprint density at radius 3 is 2.24 bits per heavy atom. The number of hydrogen-bond acceptors (Lipinski definition) is 3. The maximum atomic E-state index is 12.4. The van der Waals surface area contributed by atoms with Gasteiger partial charge in [-0.2, -0.15) is 0 Å². The van der Waals surface area contributed by atoms with Crippen molar-refractivity contribution < 1.29 is 9.59 Å². The lowest BCUT2D eigenvalue weighted by molar-refractivity contribution is 0.0974. The van der Waals surface area contributed by atoms with Crippen molar-refractivity contribution >= 4 is 23.2 Å². The van der Waals surface area contributed by atoms with Crippen molar-refractivity contribution in [3.05, 3.63) is 46.1 Å². The van der Waals surface area contributed by atoms with E-state index in [-0.39, 0.29) is 22.3 Å². The number of rotatable bonds is 7. The Bertz CT molecular complexity index is 578. The average Bonchev–Trinajstić information content (AvgIpc) is 2.51. The van der Waals surface area contributed by atoms with E-state index in [2.05, 4.69) is 12.2 Å². The molecule has 0 amide bonds. The minimum absolute atomic E-state index is 0.00672. The monoisotopic (exact) mass is 305 g/mol. The second kappa shape index (κ2) is 7.41. The number of carbonyl (C=O) groups is 2. The fraction of sp³-hybridized carbons (Fsp3) is 0.412. The quantitative estimate of drug-likeness (QED) is 0.772. The molecule has 112 valence electrons. The van der Waals surface area contributed by atoms with Crippen LogP contribution in [0, 0.1) is 0 Å². The highest BCUT2D eigenvalue weighted by molar-refractivity contribution is 6.49. The zero-order valence-corrected chi connectivity index (χ0v) is 13.0. The van der Waals surface area contributed by atoms with Crippen molar-refractivity contribution in [1.29, 1.82) is 0 Å². The standard InChI is InChI=1S/C17H20ClNO2/c1-2-3-4-5-8-11-19-15-14(18)16(20)12-9-6-7-10-13(12)17(15)21/h6-7,9-10,19H,2-5,8,11H2,1H3. The van der Waals surface area contributed by atoms with E-state index in [0.717, 1.165) is 12.8 Å². The lowest BCUT2D eigenvalue weighted by Gasteiger charge is -2.18. The van der Waals surface area contributed by atoms with E-state index in [1.165, 1.54) is 19.3 Å². The van der Waals surface area contributed by atoms with E-state index in [9.17, 15) is 9.59 Å². The second-order valence-corrected chi connectivity index (χ2v) is 5.61. The zero-order valence-electron chi connectivity index (χ0n) is 12.2. The van der Waals surface area contributed by atoms with E-state index in [0.29, 0.717) is 17.7 Å². The fourth-order valence-electron chi connectivity index (χ4n) is 2.45. The predicted molar refractivity (Wildman–Crippen MR) is 84.7 cm³/mol. The highest BCUT2D eigenvalue weighted by Crippen LogP contribution is 2.27. The molecular weight excluding hydrogens is 286 g/mol. The van der Waals surface area contributed by atoms with Crippen molar-refractivity contribution in [3.8, 4) is 0 Å². The first-order valence-corrected chi connectivity index (χ1v) is 7.86. The number of fused-ring (bicyclic) bond motifs is 1.